The molecule has 0 spiro atoms. The number of ether oxygens (including phenoxy) is 1. The lowest BCUT2D eigenvalue weighted by Crippen LogP contribution is -2.14. The van der Waals surface area contributed by atoms with Gasteiger partial charge in [-0.05, 0) is 31.4 Å². The molecule has 0 aromatic carbocycles. The van der Waals surface area contributed by atoms with Crippen molar-refractivity contribution in [2.24, 2.45) is 0 Å². The summed E-state index contributed by atoms with van der Waals surface area (Å²) in [6.07, 6.45) is 13.1. The average Bonchev–Trinajstić information content (AvgIpc) is 3.28. The molecule has 0 bridgehead atoms. The van der Waals surface area contributed by atoms with Crippen molar-refractivity contribution >= 4 is 22.8 Å². The maximum absolute atomic E-state index is 9.27. The minimum atomic E-state index is -0.0768. The number of fused-ring (bicyclic) bond motifs is 1. The molecular weight excluding hydrogens is 334 g/mol. The second kappa shape index (κ2) is 8.47. The summed E-state index contributed by atoms with van der Waals surface area (Å²) >= 11 is 1.69. The third kappa shape index (κ3) is 4.03. The van der Waals surface area contributed by atoms with Crippen LogP contribution in [0.3, 0.4) is 0 Å². The van der Waals surface area contributed by atoms with Crippen LogP contribution >= 0.6 is 11.8 Å². The van der Waals surface area contributed by atoms with E-state index in [9.17, 15) is 5.11 Å². The fourth-order valence-corrected chi connectivity index (χ4v) is 3.89. The molecule has 1 fully saturated rings. The lowest BCUT2D eigenvalue weighted by molar-refractivity contribution is -0.0204. The second-order valence-electron chi connectivity index (χ2n) is 5.86. The van der Waals surface area contributed by atoms with Gasteiger partial charge in [-0.25, -0.2) is 9.97 Å². The van der Waals surface area contributed by atoms with Crippen molar-refractivity contribution in [3.63, 3.8) is 0 Å². The molecule has 2 aromatic heterocycles. The summed E-state index contributed by atoms with van der Waals surface area (Å²) < 4.78 is 7.93. The highest BCUT2D eigenvalue weighted by atomic mass is 32.2. The molecule has 2 unspecified atom stereocenters. The third-order valence-electron chi connectivity index (χ3n) is 4.26. The fraction of sp³-hybridized carbons (Fsp3) is 0.368. The topological polar surface area (TPSA) is 60.2 Å². The molecule has 25 heavy (non-hydrogen) atoms. The molecule has 132 valence electrons. The van der Waals surface area contributed by atoms with Crippen LogP contribution in [0.2, 0.25) is 0 Å². The first kappa shape index (κ1) is 17.9. The van der Waals surface area contributed by atoms with E-state index in [-0.39, 0.29) is 18.9 Å². The lowest BCUT2D eigenvalue weighted by atomic mass is 10.2. The van der Waals surface area contributed by atoms with Gasteiger partial charge in [0.1, 0.15) is 23.2 Å². The Hall–Kier alpha value is -1.89. The first-order valence-electron chi connectivity index (χ1n) is 8.41. The molecule has 6 heteroatoms. The first-order chi connectivity index (χ1) is 12.3. The van der Waals surface area contributed by atoms with E-state index in [4.69, 9.17) is 4.74 Å². The Morgan fingerprint density at radius 3 is 3.08 bits per heavy atom. The van der Waals surface area contributed by atoms with Crippen LogP contribution in [0.4, 0.5) is 0 Å². The molecule has 1 N–H and O–H groups in total. The maximum Gasteiger partial charge on any atom is 0.146 e. The van der Waals surface area contributed by atoms with Gasteiger partial charge in [0.15, 0.2) is 0 Å². The Morgan fingerprint density at radius 2 is 2.36 bits per heavy atom. The van der Waals surface area contributed by atoms with Crippen LogP contribution in [0.25, 0.3) is 11.0 Å². The normalized spacial score (nSPS) is 21.4. The number of allylic oxidation sites excluding steroid dienone is 4. The zero-order chi connectivity index (χ0) is 17.6. The molecule has 0 aliphatic carbocycles. The van der Waals surface area contributed by atoms with Gasteiger partial charge in [0.2, 0.25) is 0 Å². The molecule has 2 aromatic rings. The number of thioether (sulfide) groups is 1. The standard InChI is InChI=1S/C19H23N3O2S/c1-3-5-6-14(4-2)12-25-19-16-9-10-22(18(16)20-13-21-19)17-8-7-15(11-23)24-17/h3-6,9-10,13,15,17,23H,1,7-8,11-12H2,2H3/b6-5-,14-4+. The number of nitrogens with zero attached hydrogens (tertiary/aromatic N) is 3. The second-order valence-corrected chi connectivity index (χ2v) is 6.82. The van der Waals surface area contributed by atoms with Crippen LogP contribution < -0.4 is 0 Å². The Labute approximate surface area is 152 Å². The number of rotatable bonds is 7. The van der Waals surface area contributed by atoms with Crippen molar-refractivity contribution in [3.05, 3.63) is 55.0 Å². The summed E-state index contributed by atoms with van der Waals surface area (Å²) in [7, 11) is 0. The van der Waals surface area contributed by atoms with E-state index in [0.717, 1.165) is 34.7 Å². The summed E-state index contributed by atoms with van der Waals surface area (Å²) in [6.45, 7) is 5.80. The smallest absolute Gasteiger partial charge is 0.146 e. The van der Waals surface area contributed by atoms with Gasteiger partial charge in [-0.3, -0.25) is 0 Å². The van der Waals surface area contributed by atoms with Crippen LogP contribution in [-0.4, -0.2) is 38.1 Å². The number of hydrogen-bond donors (Lipinski definition) is 1. The van der Waals surface area contributed by atoms with Gasteiger partial charge in [-0.15, -0.1) is 11.8 Å². The van der Waals surface area contributed by atoms with Gasteiger partial charge in [0, 0.05) is 11.9 Å². The predicted octanol–water partition coefficient (Wildman–Crippen LogP) is 3.88. The van der Waals surface area contributed by atoms with Gasteiger partial charge in [0.05, 0.1) is 18.1 Å². The van der Waals surface area contributed by atoms with E-state index >= 15 is 0 Å². The lowest BCUT2D eigenvalue weighted by Gasteiger charge is -2.14. The molecule has 5 nitrogen and oxygen atoms in total. The van der Waals surface area contributed by atoms with E-state index in [2.05, 4.69) is 28.7 Å². The molecule has 1 aliphatic heterocycles. The summed E-state index contributed by atoms with van der Waals surface area (Å²) in [5, 5.41) is 11.3. The van der Waals surface area contributed by atoms with Crippen molar-refractivity contribution in [3.8, 4) is 0 Å². The van der Waals surface area contributed by atoms with E-state index in [1.165, 1.54) is 5.57 Å². The minimum absolute atomic E-state index is 0.0656. The summed E-state index contributed by atoms with van der Waals surface area (Å²) in [5.74, 6) is 0.838. The van der Waals surface area contributed by atoms with Crippen LogP contribution in [0.5, 0.6) is 0 Å². The average molecular weight is 357 g/mol. The highest BCUT2D eigenvalue weighted by molar-refractivity contribution is 7.99. The predicted molar refractivity (Wildman–Crippen MR) is 102 cm³/mol. The SMILES string of the molecule is C=C/C=C\C(=C/C)CSc1ncnc2c1ccn2C1CCC(CO)O1. The van der Waals surface area contributed by atoms with Gasteiger partial charge in [-0.1, -0.05) is 30.9 Å². The molecule has 1 aliphatic rings. The Bertz CT molecular complexity index is 797. The van der Waals surface area contributed by atoms with E-state index < -0.39 is 0 Å². The molecule has 2 atom stereocenters. The Kier molecular flexibility index (Phi) is 6.07. The number of aliphatic hydroxyl groups excluding tert-OH is 1. The molecule has 3 rings (SSSR count). The van der Waals surface area contributed by atoms with E-state index in [1.807, 2.05) is 29.8 Å². The van der Waals surface area contributed by atoms with Crippen molar-refractivity contribution in [2.75, 3.05) is 12.4 Å². The molecule has 0 amide bonds. The quantitative estimate of drug-likeness (QED) is 0.463. The molecule has 3 heterocycles. The van der Waals surface area contributed by atoms with Crippen molar-refractivity contribution in [1.82, 2.24) is 14.5 Å². The third-order valence-corrected chi connectivity index (χ3v) is 5.34. The largest absolute Gasteiger partial charge is 0.394 e. The van der Waals surface area contributed by atoms with Crippen LogP contribution in [0.15, 0.2) is 60.1 Å². The van der Waals surface area contributed by atoms with Crippen molar-refractivity contribution < 1.29 is 9.84 Å². The summed E-state index contributed by atoms with van der Waals surface area (Å²) in [6, 6.07) is 2.04. The molecular formula is C19H23N3O2S. The molecule has 0 saturated carbocycles. The summed E-state index contributed by atoms with van der Waals surface area (Å²) in [5.41, 5.74) is 2.10. The molecule has 0 radical (unpaired) electrons. The number of aromatic nitrogens is 3. The molecule has 1 saturated heterocycles. The van der Waals surface area contributed by atoms with Gasteiger partial charge >= 0.3 is 0 Å². The van der Waals surface area contributed by atoms with E-state index in [0.29, 0.717) is 0 Å². The first-order valence-corrected chi connectivity index (χ1v) is 9.40. The maximum atomic E-state index is 9.27. The number of hydrogen-bond acceptors (Lipinski definition) is 5. The summed E-state index contributed by atoms with van der Waals surface area (Å²) in [4.78, 5) is 8.90. The highest BCUT2D eigenvalue weighted by Gasteiger charge is 2.27. The highest BCUT2D eigenvalue weighted by Crippen LogP contribution is 2.33. The Balaban J connectivity index is 1.79. The fourth-order valence-electron chi connectivity index (χ4n) is 2.89. The van der Waals surface area contributed by atoms with Gasteiger partial charge in [0.25, 0.3) is 0 Å². The Morgan fingerprint density at radius 1 is 1.48 bits per heavy atom. The zero-order valence-electron chi connectivity index (χ0n) is 14.3. The number of aliphatic hydroxyl groups is 1. The minimum Gasteiger partial charge on any atom is -0.394 e. The van der Waals surface area contributed by atoms with Crippen molar-refractivity contribution in [2.45, 2.75) is 37.1 Å². The van der Waals surface area contributed by atoms with Gasteiger partial charge in [-0.2, -0.15) is 0 Å². The van der Waals surface area contributed by atoms with Crippen LogP contribution in [0.1, 0.15) is 26.0 Å². The monoisotopic (exact) mass is 357 g/mol. The van der Waals surface area contributed by atoms with Crippen LogP contribution in [-0.2, 0) is 4.74 Å². The van der Waals surface area contributed by atoms with Gasteiger partial charge < -0.3 is 14.4 Å². The van der Waals surface area contributed by atoms with Crippen molar-refractivity contribution in [1.29, 1.82) is 0 Å². The van der Waals surface area contributed by atoms with Crippen LogP contribution in [0, 0.1) is 0 Å². The van der Waals surface area contributed by atoms with E-state index in [1.54, 1.807) is 24.2 Å². The zero-order valence-corrected chi connectivity index (χ0v) is 15.2.